The molecule has 1 aromatic carbocycles. The summed E-state index contributed by atoms with van der Waals surface area (Å²) in [7, 11) is 0. The van der Waals surface area contributed by atoms with Crippen LogP contribution in [0.25, 0.3) is 0 Å². The molecule has 0 unspecified atom stereocenters. The van der Waals surface area contributed by atoms with E-state index in [0.29, 0.717) is 10.5 Å². The molecule has 6 N–H and O–H groups in total. The molecular weight excluding hydrogens is 248 g/mol. The smallest absolute Gasteiger partial charge is 0.194 e. The second-order valence-corrected chi connectivity index (χ2v) is 6.01. The van der Waals surface area contributed by atoms with Gasteiger partial charge in [-0.3, -0.25) is 11.5 Å². The molecule has 6 heteroatoms. The molecule has 0 radical (unpaired) electrons. The van der Waals surface area contributed by atoms with Crippen LogP contribution in [0.4, 0.5) is 0 Å². The second kappa shape index (κ2) is 4.71. The molecule has 0 saturated carbocycles. The number of phenols is 2. The van der Waals surface area contributed by atoms with Crippen LogP contribution in [-0.2, 0) is 0 Å². The van der Waals surface area contributed by atoms with Gasteiger partial charge >= 0.3 is 0 Å². The largest absolute Gasteiger partial charge is 0.508 e. The van der Waals surface area contributed by atoms with Gasteiger partial charge in [-0.1, -0.05) is 37.2 Å². The van der Waals surface area contributed by atoms with Gasteiger partial charge < -0.3 is 10.2 Å². The van der Waals surface area contributed by atoms with E-state index in [2.05, 4.69) is 0 Å². The molecule has 0 aliphatic heterocycles. The lowest BCUT2D eigenvalue weighted by molar-refractivity contribution is 0.438. The van der Waals surface area contributed by atoms with E-state index in [9.17, 15) is 10.2 Å². The minimum absolute atomic E-state index is 0.0462. The summed E-state index contributed by atoms with van der Waals surface area (Å²) in [6.07, 6.45) is 0. The van der Waals surface area contributed by atoms with Crippen molar-refractivity contribution in [1.82, 2.24) is 0 Å². The Balaban J connectivity index is 3.19. The first-order valence-corrected chi connectivity index (χ1v) is 5.91. The summed E-state index contributed by atoms with van der Waals surface area (Å²) in [5, 5.41) is 19.5. The first-order chi connectivity index (χ1) is 7.20. The zero-order valence-electron chi connectivity index (χ0n) is 9.07. The molecule has 0 aromatic heterocycles. The Bertz CT molecular complexity index is 391. The summed E-state index contributed by atoms with van der Waals surface area (Å²) in [6.45, 7) is 3.81. The number of phenolic OH excluding ortho intramolecular Hbond substituents is 2. The average Bonchev–Trinajstić information content (AvgIpc) is 2.07. The Labute approximate surface area is 104 Å². The van der Waals surface area contributed by atoms with Crippen molar-refractivity contribution in [3.05, 3.63) is 17.7 Å². The molecule has 0 bridgehead atoms. The molecule has 0 aliphatic carbocycles. The quantitative estimate of drug-likeness (QED) is 0.220. The molecule has 0 amide bonds. The molecule has 0 saturated heterocycles. The van der Waals surface area contributed by atoms with Gasteiger partial charge in [-0.2, -0.15) is 0 Å². The highest BCUT2D eigenvalue weighted by Gasteiger charge is 2.21. The maximum atomic E-state index is 9.95. The Morgan fingerprint density at radius 1 is 1.31 bits per heavy atom. The van der Waals surface area contributed by atoms with Crippen LogP contribution in [0.3, 0.4) is 0 Å². The maximum Gasteiger partial charge on any atom is 0.194 e. The van der Waals surface area contributed by atoms with Crippen LogP contribution >= 0.6 is 23.4 Å². The normalized spacial score (nSPS) is 12.1. The highest BCUT2D eigenvalue weighted by Crippen LogP contribution is 2.41. The number of nitrogens with two attached hydrogens (primary N) is 2. The van der Waals surface area contributed by atoms with E-state index in [0.717, 1.165) is 11.8 Å². The van der Waals surface area contributed by atoms with Gasteiger partial charge in [0.15, 0.2) is 4.45 Å². The van der Waals surface area contributed by atoms with E-state index in [1.165, 1.54) is 12.1 Å². The fraction of sp³-hybridized carbons (Fsp3) is 0.400. The Kier molecular flexibility index (Phi) is 3.96. The van der Waals surface area contributed by atoms with Crippen LogP contribution in [-0.4, -0.2) is 14.7 Å². The molecule has 1 aromatic rings. The van der Waals surface area contributed by atoms with Crippen LogP contribution in [0, 0.1) is 0 Å². The van der Waals surface area contributed by atoms with Crippen molar-refractivity contribution in [3.8, 4) is 11.5 Å². The minimum atomic E-state index is -1.51. The van der Waals surface area contributed by atoms with Crippen molar-refractivity contribution in [2.75, 3.05) is 0 Å². The summed E-state index contributed by atoms with van der Waals surface area (Å²) < 4.78 is -1.51. The predicted octanol–water partition coefficient (Wildman–Crippen LogP) is 2.08. The Hall–Kier alpha value is -0.620. The summed E-state index contributed by atoms with van der Waals surface area (Å²) in [5.74, 6) is 0.176. The first kappa shape index (κ1) is 13.4. The third-order valence-electron chi connectivity index (χ3n) is 1.98. The number of halogens is 1. The predicted molar refractivity (Wildman–Crippen MR) is 66.7 cm³/mol. The Morgan fingerprint density at radius 3 is 2.31 bits per heavy atom. The van der Waals surface area contributed by atoms with Crippen molar-refractivity contribution in [3.63, 3.8) is 0 Å². The maximum absolute atomic E-state index is 9.95. The number of aromatic hydroxyl groups is 2. The van der Waals surface area contributed by atoms with Gasteiger partial charge in [-0.15, -0.1) is 0 Å². The first-order valence-electron chi connectivity index (χ1n) is 4.72. The second-order valence-electron chi connectivity index (χ2n) is 3.84. The van der Waals surface area contributed by atoms with Crippen LogP contribution in [0.15, 0.2) is 17.0 Å². The minimum Gasteiger partial charge on any atom is -0.508 e. The number of thioether (sulfide) groups is 1. The molecule has 0 spiro atoms. The van der Waals surface area contributed by atoms with Crippen LogP contribution in [0.5, 0.6) is 11.5 Å². The molecule has 16 heavy (non-hydrogen) atoms. The number of benzene rings is 1. The van der Waals surface area contributed by atoms with Crippen molar-refractivity contribution in [1.29, 1.82) is 0 Å². The third-order valence-corrected chi connectivity index (χ3v) is 3.05. The van der Waals surface area contributed by atoms with E-state index in [1.807, 2.05) is 13.8 Å². The van der Waals surface area contributed by atoms with Crippen molar-refractivity contribution < 1.29 is 10.2 Å². The number of rotatable bonds is 3. The summed E-state index contributed by atoms with van der Waals surface area (Å²) in [4.78, 5) is 0.365. The molecule has 1 rings (SSSR count). The highest BCUT2D eigenvalue weighted by atomic mass is 35.5. The number of alkyl halides is 1. The van der Waals surface area contributed by atoms with Gasteiger partial charge in [-0.25, -0.2) is 0 Å². The van der Waals surface area contributed by atoms with Crippen LogP contribution in [0.1, 0.15) is 25.3 Å². The lowest BCUT2D eigenvalue weighted by Gasteiger charge is -2.18. The summed E-state index contributed by atoms with van der Waals surface area (Å²) in [5.41, 5.74) is 11.5. The topological polar surface area (TPSA) is 92.5 Å². The fourth-order valence-corrected chi connectivity index (χ4v) is 2.28. The van der Waals surface area contributed by atoms with E-state index >= 15 is 0 Å². The lowest BCUT2D eigenvalue weighted by atomic mass is 10.0. The van der Waals surface area contributed by atoms with Gasteiger partial charge in [-0.05, 0) is 18.1 Å². The van der Waals surface area contributed by atoms with Gasteiger partial charge in [0.25, 0.3) is 0 Å². The SMILES string of the molecule is CC(C)c1cc(O)cc(SC(N)(N)Cl)c1O. The number of hydrogen-bond donors (Lipinski definition) is 4. The zero-order valence-corrected chi connectivity index (χ0v) is 10.6. The Morgan fingerprint density at radius 2 is 1.88 bits per heavy atom. The average molecular weight is 263 g/mol. The van der Waals surface area contributed by atoms with Gasteiger partial charge in [0.05, 0.1) is 4.90 Å². The summed E-state index contributed by atoms with van der Waals surface area (Å²) in [6, 6.07) is 2.88. The molecule has 0 atom stereocenters. The molecular formula is C10H15ClN2O2S. The lowest BCUT2D eigenvalue weighted by Crippen LogP contribution is -2.39. The van der Waals surface area contributed by atoms with Crippen LogP contribution < -0.4 is 11.5 Å². The zero-order chi connectivity index (χ0) is 12.5. The third kappa shape index (κ3) is 3.45. The van der Waals surface area contributed by atoms with Crippen LogP contribution in [0.2, 0.25) is 0 Å². The monoisotopic (exact) mass is 262 g/mol. The van der Waals surface area contributed by atoms with Crippen molar-refractivity contribution in [2.24, 2.45) is 11.5 Å². The molecule has 0 heterocycles. The van der Waals surface area contributed by atoms with Gasteiger partial charge in [0.2, 0.25) is 0 Å². The molecule has 0 aliphatic rings. The van der Waals surface area contributed by atoms with Crippen molar-refractivity contribution in [2.45, 2.75) is 29.1 Å². The standard InChI is InChI=1S/C10H15ClN2O2S/c1-5(2)7-3-6(14)4-8(9(7)15)16-10(11,12)13/h3-5,14-15H,12-13H2,1-2H3. The molecule has 4 nitrogen and oxygen atoms in total. The van der Waals surface area contributed by atoms with Crippen molar-refractivity contribution >= 4 is 23.4 Å². The number of hydrogen-bond acceptors (Lipinski definition) is 5. The highest BCUT2D eigenvalue weighted by molar-refractivity contribution is 8.01. The molecule has 0 fully saturated rings. The van der Waals surface area contributed by atoms with E-state index in [-0.39, 0.29) is 17.4 Å². The van der Waals surface area contributed by atoms with E-state index in [1.54, 1.807) is 0 Å². The van der Waals surface area contributed by atoms with E-state index in [4.69, 9.17) is 23.1 Å². The summed E-state index contributed by atoms with van der Waals surface area (Å²) >= 11 is 6.53. The van der Waals surface area contributed by atoms with Gasteiger partial charge in [0, 0.05) is 5.56 Å². The van der Waals surface area contributed by atoms with Gasteiger partial charge in [0.1, 0.15) is 11.5 Å². The fourth-order valence-electron chi connectivity index (χ4n) is 1.30. The molecule has 90 valence electrons. The van der Waals surface area contributed by atoms with E-state index < -0.39 is 4.45 Å².